The Kier molecular flexibility index (Phi) is 8.92. The highest BCUT2D eigenvalue weighted by Gasteiger charge is 2.19. The summed E-state index contributed by atoms with van der Waals surface area (Å²) in [6, 6.07) is 8.15. The molecule has 1 amide bonds. The summed E-state index contributed by atoms with van der Waals surface area (Å²) in [5.74, 6) is -0.807. The number of amides is 1. The lowest BCUT2D eigenvalue weighted by atomic mass is 9.99. The SMILES string of the molecule is CCCCCCCCCCCCc1cccc(C(N)=O)c1-n1c(O)ccc1O. The number of nitrogens with two attached hydrogens (primary N) is 1. The van der Waals surface area contributed by atoms with E-state index in [-0.39, 0.29) is 11.8 Å². The molecule has 1 heterocycles. The number of nitrogens with zero attached hydrogens (tertiary/aromatic N) is 1. The van der Waals surface area contributed by atoms with Crippen LogP contribution in [0, 0.1) is 0 Å². The van der Waals surface area contributed by atoms with E-state index in [2.05, 4.69) is 6.92 Å². The Morgan fingerprint density at radius 3 is 1.93 bits per heavy atom. The lowest BCUT2D eigenvalue weighted by Gasteiger charge is -2.16. The zero-order valence-electron chi connectivity index (χ0n) is 17.0. The molecule has 0 saturated carbocycles. The fourth-order valence-corrected chi connectivity index (χ4v) is 3.70. The van der Waals surface area contributed by atoms with Crippen LogP contribution < -0.4 is 5.73 Å². The van der Waals surface area contributed by atoms with Crippen molar-refractivity contribution in [2.24, 2.45) is 5.73 Å². The zero-order valence-corrected chi connectivity index (χ0v) is 17.0. The Bertz CT molecular complexity index is 733. The molecular formula is C23H34N2O3. The van der Waals surface area contributed by atoms with Crippen molar-refractivity contribution in [1.29, 1.82) is 0 Å². The van der Waals surface area contributed by atoms with Gasteiger partial charge in [-0.25, -0.2) is 0 Å². The minimum absolute atomic E-state index is 0.115. The van der Waals surface area contributed by atoms with E-state index in [1.165, 1.54) is 68.1 Å². The van der Waals surface area contributed by atoms with Crippen LogP contribution in [0.3, 0.4) is 0 Å². The number of hydrogen-bond acceptors (Lipinski definition) is 3. The van der Waals surface area contributed by atoms with Crippen LogP contribution >= 0.6 is 0 Å². The van der Waals surface area contributed by atoms with Crippen molar-refractivity contribution in [3.63, 3.8) is 0 Å². The number of aromatic nitrogens is 1. The van der Waals surface area contributed by atoms with Crippen LogP contribution in [0.2, 0.25) is 0 Å². The van der Waals surface area contributed by atoms with Crippen LogP contribution in [0.15, 0.2) is 30.3 Å². The Hall–Kier alpha value is -2.43. The predicted molar refractivity (Wildman–Crippen MR) is 113 cm³/mol. The number of carbonyl (C=O) groups excluding carboxylic acids is 1. The minimum atomic E-state index is -0.576. The smallest absolute Gasteiger partial charge is 0.250 e. The van der Waals surface area contributed by atoms with Crippen molar-refractivity contribution in [2.45, 2.75) is 77.6 Å². The van der Waals surface area contributed by atoms with Crippen LogP contribution in [-0.2, 0) is 6.42 Å². The summed E-state index contributed by atoms with van der Waals surface area (Å²) in [4.78, 5) is 11.9. The van der Waals surface area contributed by atoms with E-state index in [0.29, 0.717) is 11.3 Å². The van der Waals surface area contributed by atoms with Crippen LogP contribution in [0.25, 0.3) is 5.69 Å². The lowest BCUT2D eigenvalue weighted by Crippen LogP contribution is -2.16. The van der Waals surface area contributed by atoms with E-state index in [1.807, 2.05) is 6.07 Å². The highest BCUT2D eigenvalue weighted by atomic mass is 16.3. The molecule has 0 bridgehead atoms. The predicted octanol–water partition coefficient (Wildman–Crippen LogP) is 5.45. The average molecular weight is 387 g/mol. The molecule has 2 rings (SSSR count). The van der Waals surface area contributed by atoms with Crippen LogP contribution in [0.4, 0.5) is 0 Å². The van der Waals surface area contributed by atoms with Crippen LogP contribution in [0.1, 0.15) is 87.1 Å². The molecule has 0 spiro atoms. The van der Waals surface area contributed by atoms with Gasteiger partial charge in [-0.05, 0) is 24.5 Å². The Morgan fingerprint density at radius 1 is 0.857 bits per heavy atom. The Morgan fingerprint density at radius 2 is 1.39 bits per heavy atom. The molecule has 0 aliphatic carbocycles. The summed E-state index contributed by atoms with van der Waals surface area (Å²) >= 11 is 0. The first-order valence-electron chi connectivity index (χ1n) is 10.6. The molecule has 0 aliphatic rings. The molecular weight excluding hydrogens is 352 g/mol. The maximum absolute atomic E-state index is 11.9. The Labute approximate surface area is 168 Å². The van der Waals surface area contributed by atoms with Gasteiger partial charge in [0.15, 0.2) is 11.8 Å². The van der Waals surface area contributed by atoms with E-state index in [9.17, 15) is 15.0 Å². The van der Waals surface area contributed by atoms with Gasteiger partial charge in [0.1, 0.15) is 0 Å². The standard InChI is InChI=1S/C23H34N2O3/c1-2-3-4-5-6-7-8-9-10-11-13-18-14-12-15-19(23(24)28)22(18)25-20(26)16-17-21(25)27/h12,14-17,26-27H,2-11,13H2,1H3,(H2,24,28). The third-order valence-corrected chi connectivity index (χ3v) is 5.25. The summed E-state index contributed by atoms with van der Waals surface area (Å²) in [6.45, 7) is 2.24. The molecule has 5 nitrogen and oxygen atoms in total. The molecule has 28 heavy (non-hydrogen) atoms. The first-order valence-corrected chi connectivity index (χ1v) is 10.6. The molecule has 2 aromatic rings. The first-order chi connectivity index (χ1) is 13.6. The number of hydrogen-bond donors (Lipinski definition) is 3. The second-order valence-corrected chi connectivity index (χ2v) is 7.49. The van der Waals surface area contributed by atoms with Gasteiger partial charge >= 0.3 is 0 Å². The normalized spacial score (nSPS) is 11.0. The summed E-state index contributed by atoms with van der Waals surface area (Å²) in [6.07, 6.45) is 13.3. The van der Waals surface area contributed by atoms with Crippen LogP contribution in [0.5, 0.6) is 11.8 Å². The van der Waals surface area contributed by atoms with Gasteiger partial charge in [0, 0.05) is 12.1 Å². The maximum atomic E-state index is 11.9. The van der Waals surface area contributed by atoms with Crippen molar-refractivity contribution in [3.05, 3.63) is 41.5 Å². The second kappa shape index (κ2) is 11.4. The summed E-state index contributed by atoms with van der Waals surface area (Å²) in [5, 5.41) is 20.2. The van der Waals surface area contributed by atoms with E-state index in [4.69, 9.17) is 5.73 Å². The van der Waals surface area contributed by atoms with Gasteiger partial charge in [0.05, 0.1) is 11.3 Å². The molecule has 0 unspecified atom stereocenters. The van der Waals surface area contributed by atoms with Crippen molar-refractivity contribution in [1.82, 2.24) is 4.57 Å². The molecule has 0 radical (unpaired) electrons. The topological polar surface area (TPSA) is 88.5 Å². The first kappa shape index (κ1) is 21.9. The number of carbonyl (C=O) groups is 1. The number of aromatic hydroxyl groups is 2. The third kappa shape index (κ3) is 6.04. The van der Waals surface area contributed by atoms with Gasteiger partial charge in [0.25, 0.3) is 5.91 Å². The zero-order chi connectivity index (χ0) is 20.4. The molecule has 1 aromatic carbocycles. The van der Waals surface area contributed by atoms with Gasteiger partial charge in [-0.3, -0.25) is 9.36 Å². The van der Waals surface area contributed by atoms with Crippen molar-refractivity contribution >= 4 is 5.91 Å². The third-order valence-electron chi connectivity index (χ3n) is 5.25. The van der Waals surface area contributed by atoms with Crippen LogP contribution in [-0.4, -0.2) is 20.7 Å². The van der Waals surface area contributed by atoms with Crippen molar-refractivity contribution in [3.8, 4) is 17.4 Å². The molecule has 0 fully saturated rings. The number of para-hydroxylation sites is 1. The summed E-state index contributed by atoms with van der Waals surface area (Å²) in [7, 11) is 0. The van der Waals surface area contributed by atoms with Gasteiger partial charge in [-0.1, -0.05) is 76.8 Å². The molecule has 1 aromatic heterocycles. The molecule has 5 heteroatoms. The van der Waals surface area contributed by atoms with Gasteiger partial charge in [-0.2, -0.15) is 0 Å². The number of benzene rings is 1. The highest BCUT2D eigenvalue weighted by Crippen LogP contribution is 2.32. The molecule has 0 saturated heterocycles. The quantitative estimate of drug-likeness (QED) is 0.400. The van der Waals surface area contributed by atoms with Gasteiger partial charge in [0.2, 0.25) is 0 Å². The molecule has 0 atom stereocenters. The number of unbranched alkanes of at least 4 members (excludes halogenated alkanes) is 9. The largest absolute Gasteiger partial charge is 0.494 e. The maximum Gasteiger partial charge on any atom is 0.250 e. The summed E-state index contributed by atoms with van der Waals surface area (Å²) in [5.41, 5.74) is 7.20. The van der Waals surface area contributed by atoms with E-state index in [1.54, 1.807) is 12.1 Å². The van der Waals surface area contributed by atoms with Crippen molar-refractivity contribution in [2.75, 3.05) is 0 Å². The fourth-order valence-electron chi connectivity index (χ4n) is 3.70. The molecule has 0 aliphatic heterocycles. The Balaban J connectivity index is 1.92. The van der Waals surface area contributed by atoms with E-state index < -0.39 is 5.91 Å². The number of aryl methyl sites for hydroxylation is 1. The minimum Gasteiger partial charge on any atom is -0.494 e. The fraction of sp³-hybridized carbons (Fsp3) is 0.522. The highest BCUT2D eigenvalue weighted by molar-refractivity contribution is 5.97. The average Bonchev–Trinajstić information content (AvgIpc) is 3.01. The second-order valence-electron chi connectivity index (χ2n) is 7.49. The van der Waals surface area contributed by atoms with Gasteiger partial charge in [-0.15, -0.1) is 0 Å². The van der Waals surface area contributed by atoms with Gasteiger partial charge < -0.3 is 15.9 Å². The van der Waals surface area contributed by atoms with E-state index >= 15 is 0 Å². The monoisotopic (exact) mass is 386 g/mol. The number of rotatable bonds is 13. The summed E-state index contributed by atoms with van der Waals surface area (Å²) < 4.78 is 1.28. The van der Waals surface area contributed by atoms with Crippen molar-refractivity contribution < 1.29 is 15.0 Å². The number of primary amides is 1. The lowest BCUT2D eigenvalue weighted by molar-refractivity contribution is 0.1000. The molecule has 154 valence electrons. The molecule has 4 N–H and O–H groups in total. The van der Waals surface area contributed by atoms with E-state index in [0.717, 1.165) is 24.8 Å².